The van der Waals surface area contributed by atoms with E-state index in [9.17, 15) is 4.79 Å². The predicted octanol–water partition coefficient (Wildman–Crippen LogP) is 3.22. The molecule has 0 saturated heterocycles. The molecule has 0 bridgehead atoms. The number of hydrogen-bond donors (Lipinski definition) is 1. The molecular formula is C15H16BrN3O4. The Kier molecular flexibility index (Phi) is 6.16. The van der Waals surface area contributed by atoms with Crippen molar-refractivity contribution in [2.75, 3.05) is 18.6 Å². The summed E-state index contributed by atoms with van der Waals surface area (Å²) in [5.74, 6) is -0.401. The van der Waals surface area contributed by atoms with Crippen LogP contribution in [0.3, 0.4) is 0 Å². The zero-order valence-electron chi connectivity index (χ0n) is 12.7. The number of halogens is 1. The molecule has 0 aliphatic heterocycles. The Morgan fingerprint density at radius 2 is 2.04 bits per heavy atom. The van der Waals surface area contributed by atoms with Crippen LogP contribution in [0, 0.1) is 0 Å². The third-order valence-electron chi connectivity index (χ3n) is 2.58. The number of carbonyl (C=O) groups is 1. The number of benzene rings is 1. The van der Waals surface area contributed by atoms with Gasteiger partial charge in [-0.1, -0.05) is 15.9 Å². The average molecular weight is 382 g/mol. The fourth-order valence-electron chi connectivity index (χ4n) is 1.60. The van der Waals surface area contributed by atoms with Gasteiger partial charge in [-0.25, -0.2) is 9.78 Å². The van der Waals surface area contributed by atoms with E-state index in [1.807, 2.05) is 19.1 Å². The first kappa shape index (κ1) is 17.0. The number of rotatable bonds is 7. The number of nitrogens with zero attached hydrogens (tertiary/aromatic N) is 2. The molecule has 0 spiro atoms. The molecule has 0 aliphatic carbocycles. The molecule has 0 atom stereocenters. The minimum atomic E-state index is -0.637. The van der Waals surface area contributed by atoms with Crippen molar-refractivity contribution in [1.82, 2.24) is 4.98 Å². The van der Waals surface area contributed by atoms with Gasteiger partial charge in [0.25, 0.3) is 5.89 Å². The van der Waals surface area contributed by atoms with Crippen molar-refractivity contribution < 1.29 is 18.7 Å². The summed E-state index contributed by atoms with van der Waals surface area (Å²) in [6.07, 6.45) is 1.38. The van der Waals surface area contributed by atoms with Crippen molar-refractivity contribution in [3.8, 4) is 5.95 Å². The Balaban J connectivity index is 2.23. The Hall–Kier alpha value is -2.35. The first-order valence-corrected chi connectivity index (χ1v) is 7.78. The van der Waals surface area contributed by atoms with E-state index in [0.29, 0.717) is 12.3 Å². The largest absolute Gasteiger partial charge is 0.464 e. The van der Waals surface area contributed by atoms with Crippen LogP contribution in [0.15, 0.2) is 44.5 Å². The molecule has 1 N–H and O–H groups in total. The number of aromatic nitrogens is 1. The lowest BCUT2D eigenvalue weighted by Gasteiger charge is -2.04. The summed E-state index contributed by atoms with van der Waals surface area (Å²) in [4.78, 5) is 16.0. The van der Waals surface area contributed by atoms with Gasteiger partial charge in [0.2, 0.25) is 5.71 Å². The molecule has 2 aromatic rings. The second kappa shape index (κ2) is 8.33. The summed E-state index contributed by atoms with van der Waals surface area (Å²) in [7, 11) is 0. The van der Waals surface area contributed by atoms with Crippen LogP contribution in [0.5, 0.6) is 5.95 Å². The summed E-state index contributed by atoms with van der Waals surface area (Å²) in [6.45, 7) is 4.17. The number of nitrogens with one attached hydrogen (secondary N) is 1. The molecule has 1 heterocycles. The van der Waals surface area contributed by atoms with Crippen molar-refractivity contribution in [1.29, 1.82) is 0 Å². The van der Waals surface area contributed by atoms with Crippen LogP contribution in [-0.4, -0.2) is 29.9 Å². The van der Waals surface area contributed by atoms with E-state index < -0.39 is 5.97 Å². The average Bonchev–Trinajstić information content (AvgIpc) is 2.98. The summed E-state index contributed by atoms with van der Waals surface area (Å²) >= 11 is 3.35. The smallest absolute Gasteiger partial charge is 0.364 e. The van der Waals surface area contributed by atoms with Gasteiger partial charge < -0.3 is 13.9 Å². The molecule has 1 aromatic heterocycles. The highest BCUT2D eigenvalue weighted by atomic mass is 79.9. The number of carbonyl (C=O) groups excluding carboxylic acids is 1. The molecule has 0 fully saturated rings. The van der Waals surface area contributed by atoms with Gasteiger partial charge in [-0.2, -0.15) is 5.10 Å². The zero-order chi connectivity index (χ0) is 16.7. The lowest BCUT2D eigenvalue weighted by Crippen LogP contribution is -2.20. The summed E-state index contributed by atoms with van der Waals surface area (Å²) < 4.78 is 16.5. The van der Waals surface area contributed by atoms with Crippen LogP contribution in [0.1, 0.15) is 19.7 Å². The number of ether oxygens (including phenoxy) is 2. The molecule has 2 rings (SSSR count). The van der Waals surface area contributed by atoms with E-state index in [1.54, 1.807) is 19.1 Å². The fraction of sp³-hybridized carbons (Fsp3) is 0.267. The molecule has 0 saturated carbocycles. The second-order valence-corrected chi connectivity index (χ2v) is 5.13. The fourth-order valence-corrected chi connectivity index (χ4v) is 1.87. The molecule has 7 nitrogen and oxygen atoms in total. The minimum Gasteiger partial charge on any atom is -0.464 e. The van der Waals surface area contributed by atoms with E-state index in [1.165, 1.54) is 6.20 Å². The molecule has 8 heteroatoms. The number of hydrazone groups is 1. The van der Waals surface area contributed by atoms with Gasteiger partial charge in [0.05, 0.1) is 18.9 Å². The maximum Gasteiger partial charge on any atom is 0.364 e. The molecule has 0 unspecified atom stereocenters. The Bertz CT molecular complexity index is 682. The zero-order valence-corrected chi connectivity index (χ0v) is 14.3. The van der Waals surface area contributed by atoms with E-state index in [-0.39, 0.29) is 24.2 Å². The van der Waals surface area contributed by atoms with Gasteiger partial charge in [0.1, 0.15) is 6.20 Å². The van der Waals surface area contributed by atoms with E-state index >= 15 is 0 Å². The number of hydrogen-bond acceptors (Lipinski definition) is 7. The third kappa shape index (κ3) is 4.82. The van der Waals surface area contributed by atoms with Crippen LogP contribution in [0.4, 0.5) is 5.69 Å². The summed E-state index contributed by atoms with van der Waals surface area (Å²) in [5, 5.41) is 4.05. The Labute approximate surface area is 141 Å². The Morgan fingerprint density at radius 1 is 1.30 bits per heavy atom. The van der Waals surface area contributed by atoms with Gasteiger partial charge in [-0.3, -0.25) is 5.43 Å². The lowest BCUT2D eigenvalue weighted by molar-refractivity contribution is -0.135. The topological polar surface area (TPSA) is 86.0 Å². The molecule has 1 aromatic carbocycles. The van der Waals surface area contributed by atoms with Crippen molar-refractivity contribution in [2.45, 2.75) is 13.8 Å². The molecule has 0 radical (unpaired) electrons. The van der Waals surface area contributed by atoms with Crippen molar-refractivity contribution in [2.24, 2.45) is 5.10 Å². The minimum absolute atomic E-state index is 0.0245. The van der Waals surface area contributed by atoms with E-state index in [4.69, 9.17) is 13.9 Å². The quantitative estimate of drug-likeness (QED) is 0.450. The first-order valence-electron chi connectivity index (χ1n) is 6.99. The maximum absolute atomic E-state index is 12.0. The van der Waals surface area contributed by atoms with Crippen LogP contribution in [-0.2, 0) is 9.53 Å². The lowest BCUT2D eigenvalue weighted by atomic mass is 10.3. The predicted molar refractivity (Wildman–Crippen MR) is 88.6 cm³/mol. The van der Waals surface area contributed by atoms with Crippen molar-refractivity contribution in [3.63, 3.8) is 0 Å². The van der Waals surface area contributed by atoms with Crippen LogP contribution < -0.4 is 10.2 Å². The van der Waals surface area contributed by atoms with Gasteiger partial charge in [-0.15, -0.1) is 0 Å². The second-order valence-electron chi connectivity index (χ2n) is 4.22. The van der Waals surface area contributed by atoms with Crippen molar-refractivity contribution in [3.05, 3.63) is 40.8 Å². The summed E-state index contributed by atoms with van der Waals surface area (Å²) in [6, 6.07) is 7.30. The Morgan fingerprint density at radius 3 is 2.70 bits per heavy atom. The number of oxazole rings is 1. The van der Waals surface area contributed by atoms with Crippen LogP contribution >= 0.6 is 15.9 Å². The number of anilines is 1. The molecule has 23 heavy (non-hydrogen) atoms. The van der Waals surface area contributed by atoms with Crippen LogP contribution in [0.2, 0.25) is 0 Å². The molecule has 122 valence electrons. The SMILES string of the molecule is CCOC(=O)C(=NNc1ccc(Br)cc1)c1ncc(OCC)o1. The maximum atomic E-state index is 12.0. The van der Waals surface area contributed by atoms with Gasteiger partial charge in [-0.05, 0) is 38.1 Å². The normalized spacial score (nSPS) is 11.2. The highest BCUT2D eigenvalue weighted by Gasteiger charge is 2.22. The van der Waals surface area contributed by atoms with Crippen molar-refractivity contribution >= 4 is 33.3 Å². The van der Waals surface area contributed by atoms with Gasteiger partial charge >= 0.3 is 11.9 Å². The third-order valence-corrected chi connectivity index (χ3v) is 3.11. The molecular weight excluding hydrogens is 366 g/mol. The monoisotopic (exact) mass is 381 g/mol. The van der Waals surface area contributed by atoms with Gasteiger partial charge in [0.15, 0.2) is 0 Å². The van der Waals surface area contributed by atoms with Crippen LogP contribution in [0.25, 0.3) is 0 Å². The number of esters is 1. The van der Waals surface area contributed by atoms with E-state index in [0.717, 1.165) is 4.47 Å². The standard InChI is InChI=1S/C15H16BrN3O4/c1-3-21-12-9-17-14(23-12)13(15(20)22-4-2)19-18-11-7-5-10(16)6-8-11/h5-9,18H,3-4H2,1-2H3. The van der Waals surface area contributed by atoms with E-state index in [2.05, 4.69) is 31.4 Å². The molecule has 0 aliphatic rings. The summed E-state index contributed by atoms with van der Waals surface area (Å²) in [5.41, 5.74) is 3.41. The van der Waals surface area contributed by atoms with Gasteiger partial charge in [0, 0.05) is 4.47 Å². The highest BCUT2D eigenvalue weighted by molar-refractivity contribution is 9.10. The highest BCUT2D eigenvalue weighted by Crippen LogP contribution is 2.16. The first-order chi connectivity index (χ1) is 11.1. The molecule has 0 amide bonds.